The Morgan fingerprint density at radius 1 is 1.32 bits per heavy atom. The van der Waals surface area contributed by atoms with Gasteiger partial charge in [0.2, 0.25) is 5.13 Å². The Labute approximate surface area is 133 Å². The average molecular weight is 314 g/mol. The van der Waals surface area contributed by atoms with Crippen LogP contribution in [0, 0.1) is 0 Å². The highest BCUT2D eigenvalue weighted by Crippen LogP contribution is 2.32. The fraction of sp³-hybridized carbons (Fsp3) is 0.312. The molecule has 1 amide bonds. The quantitative estimate of drug-likeness (QED) is 0.814. The van der Waals surface area contributed by atoms with Gasteiger partial charge in [0.05, 0.1) is 21.5 Å². The third-order valence-corrected chi connectivity index (χ3v) is 4.30. The zero-order chi connectivity index (χ0) is 15.7. The zero-order valence-corrected chi connectivity index (χ0v) is 13.7. The molecular weight excluding hydrogens is 296 g/mol. The highest BCUT2D eigenvalue weighted by molar-refractivity contribution is 7.22. The third-order valence-electron chi connectivity index (χ3n) is 3.29. The highest BCUT2D eigenvalue weighted by atomic mass is 32.1. The molecule has 0 fully saturated rings. The second-order valence-corrected chi connectivity index (χ2v) is 6.39. The predicted octanol–water partition coefficient (Wildman–Crippen LogP) is 3.24. The van der Waals surface area contributed by atoms with Crippen molar-refractivity contribution >= 4 is 38.3 Å². The van der Waals surface area contributed by atoms with E-state index in [1.807, 2.05) is 49.5 Å². The molecule has 1 aromatic carbocycles. The van der Waals surface area contributed by atoms with Gasteiger partial charge < -0.3 is 4.90 Å². The molecule has 2 aromatic rings. The minimum absolute atomic E-state index is 0.101. The first-order chi connectivity index (χ1) is 10.6. The van der Waals surface area contributed by atoms with Gasteiger partial charge in [-0.25, -0.2) is 4.98 Å². The molecule has 0 bridgehead atoms. The first-order valence-electron chi connectivity index (χ1n) is 7.26. The van der Waals surface area contributed by atoms with Gasteiger partial charge in [-0.15, -0.1) is 0 Å². The van der Waals surface area contributed by atoms with Crippen molar-refractivity contribution in [3.63, 3.8) is 0 Å². The van der Waals surface area contributed by atoms with Crippen molar-refractivity contribution in [2.45, 2.75) is 19.8 Å². The number of nitrogens with zero attached hydrogens (tertiary/aromatic N) is 4. The highest BCUT2D eigenvalue weighted by Gasteiger charge is 2.32. The number of benzene rings is 1. The molecule has 0 unspecified atom stereocenters. The van der Waals surface area contributed by atoms with Gasteiger partial charge in [-0.05, 0) is 18.6 Å². The molecule has 6 heteroatoms. The van der Waals surface area contributed by atoms with E-state index in [1.54, 1.807) is 0 Å². The Balaban J connectivity index is 2.01. The predicted molar refractivity (Wildman–Crippen MR) is 91.2 cm³/mol. The normalized spacial score (nSPS) is 16.7. The summed E-state index contributed by atoms with van der Waals surface area (Å²) in [5.41, 5.74) is 2.39. The standard InChI is InChI=1S/C16H18N4OS/c1-4-7-12-11(10-19(2)3)15(21)20(18-12)16-17-13-8-5-6-9-14(13)22-16/h5-6,8-10H,4,7H2,1-3H3/b11-10-. The number of carbonyl (C=O) groups excluding carboxylic acids is 1. The topological polar surface area (TPSA) is 48.8 Å². The fourth-order valence-corrected chi connectivity index (χ4v) is 3.26. The van der Waals surface area contributed by atoms with Crippen LogP contribution < -0.4 is 5.01 Å². The van der Waals surface area contributed by atoms with Crippen molar-refractivity contribution < 1.29 is 4.79 Å². The van der Waals surface area contributed by atoms with Crippen LogP contribution in [0.2, 0.25) is 0 Å². The van der Waals surface area contributed by atoms with Crippen LogP contribution in [-0.2, 0) is 4.79 Å². The second-order valence-electron chi connectivity index (χ2n) is 5.38. The lowest BCUT2D eigenvalue weighted by Crippen LogP contribution is -2.22. The number of carbonyl (C=O) groups is 1. The summed E-state index contributed by atoms with van der Waals surface area (Å²) in [5.74, 6) is -0.101. The molecule has 0 saturated carbocycles. The summed E-state index contributed by atoms with van der Waals surface area (Å²) in [6.45, 7) is 2.08. The van der Waals surface area contributed by atoms with Gasteiger partial charge in [-0.1, -0.05) is 36.8 Å². The maximum absolute atomic E-state index is 12.7. The second kappa shape index (κ2) is 5.88. The molecule has 0 atom stereocenters. The SMILES string of the molecule is CCCC1=NN(c2nc3ccccc3s2)C(=O)/C1=C\N(C)C. The number of para-hydroxylation sites is 1. The van der Waals surface area contributed by atoms with E-state index in [2.05, 4.69) is 17.0 Å². The van der Waals surface area contributed by atoms with Gasteiger partial charge >= 0.3 is 0 Å². The lowest BCUT2D eigenvalue weighted by atomic mass is 10.1. The lowest BCUT2D eigenvalue weighted by molar-refractivity contribution is -0.114. The van der Waals surface area contributed by atoms with Gasteiger partial charge in [-0.3, -0.25) is 4.79 Å². The van der Waals surface area contributed by atoms with E-state index in [1.165, 1.54) is 16.3 Å². The van der Waals surface area contributed by atoms with Crippen molar-refractivity contribution in [1.82, 2.24) is 9.88 Å². The molecule has 0 saturated heterocycles. The molecule has 0 radical (unpaired) electrons. The van der Waals surface area contributed by atoms with Crippen molar-refractivity contribution in [3.05, 3.63) is 36.0 Å². The van der Waals surface area contributed by atoms with Crippen molar-refractivity contribution in [3.8, 4) is 0 Å². The number of anilines is 1. The van der Waals surface area contributed by atoms with Crippen molar-refractivity contribution in [2.24, 2.45) is 5.10 Å². The van der Waals surface area contributed by atoms with Gasteiger partial charge in [0, 0.05) is 20.3 Å². The lowest BCUT2D eigenvalue weighted by Gasteiger charge is -2.09. The van der Waals surface area contributed by atoms with Crippen molar-refractivity contribution in [1.29, 1.82) is 0 Å². The van der Waals surface area contributed by atoms with Crippen molar-refractivity contribution in [2.75, 3.05) is 19.1 Å². The van der Waals surface area contributed by atoms with Crippen LogP contribution >= 0.6 is 11.3 Å². The smallest absolute Gasteiger partial charge is 0.284 e. The van der Waals surface area contributed by atoms with E-state index in [9.17, 15) is 4.79 Å². The summed E-state index contributed by atoms with van der Waals surface area (Å²) >= 11 is 1.49. The van der Waals surface area contributed by atoms with Crippen LogP contribution in [0.25, 0.3) is 10.2 Å². The molecule has 1 aliphatic rings. The molecule has 22 heavy (non-hydrogen) atoms. The molecule has 2 heterocycles. The summed E-state index contributed by atoms with van der Waals surface area (Å²) in [6.07, 6.45) is 3.57. The first-order valence-corrected chi connectivity index (χ1v) is 8.08. The summed E-state index contributed by atoms with van der Waals surface area (Å²) in [6, 6.07) is 7.87. The summed E-state index contributed by atoms with van der Waals surface area (Å²) < 4.78 is 1.06. The van der Waals surface area contributed by atoms with E-state index >= 15 is 0 Å². The molecule has 114 valence electrons. The van der Waals surface area contributed by atoms with Gasteiger partial charge in [0.25, 0.3) is 5.91 Å². The molecule has 1 aromatic heterocycles. The number of thiazole rings is 1. The number of hydrazone groups is 1. The number of hydrogen-bond acceptors (Lipinski definition) is 5. The number of fused-ring (bicyclic) bond motifs is 1. The Morgan fingerprint density at radius 2 is 2.09 bits per heavy atom. The number of hydrogen-bond donors (Lipinski definition) is 0. The minimum atomic E-state index is -0.101. The Morgan fingerprint density at radius 3 is 2.77 bits per heavy atom. The largest absolute Gasteiger partial charge is 0.383 e. The zero-order valence-electron chi connectivity index (χ0n) is 12.9. The van der Waals surface area contributed by atoms with Crippen LogP contribution in [0.5, 0.6) is 0 Å². The Kier molecular flexibility index (Phi) is 3.94. The molecule has 0 spiro atoms. The molecular formula is C16H18N4OS. The number of aromatic nitrogens is 1. The maximum atomic E-state index is 12.7. The minimum Gasteiger partial charge on any atom is -0.383 e. The summed E-state index contributed by atoms with van der Waals surface area (Å²) in [7, 11) is 3.81. The monoisotopic (exact) mass is 314 g/mol. The van der Waals surface area contributed by atoms with E-state index in [0.29, 0.717) is 10.7 Å². The van der Waals surface area contributed by atoms with Gasteiger partial charge in [0.1, 0.15) is 0 Å². The maximum Gasteiger partial charge on any atom is 0.284 e. The van der Waals surface area contributed by atoms with E-state index in [-0.39, 0.29) is 5.91 Å². The summed E-state index contributed by atoms with van der Waals surface area (Å²) in [4.78, 5) is 19.1. The van der Waals surface area contributed by atoms with E-state index < -0.39 is 0 Å². The van der Waals surface area contributed by atoms with Crippen LogP contribution in [0.15, 0.2) is 41.1 Å². The molecule has 5 nitrogen and oxygen atoms in total. The van der Waals surface area contributed by atoms with Gasteiger partial charge in [-0.2, -0.15) is 10.1 Å². The fourth-order valence-electron chi connectivity index (χ4n) is 2.35. The van der Waals surface area contributed by atoms with Crippen LogP contribution in [0.1, 0.15) is 19.8 Å². The molecule has 0 N–H and O–H groups in total. The summed E-state index contributed by atoms with van der Waals surface area (Å²) in [5, 5.41) is 6.57. The van der Waals surface area contributed by atoms with Crippen LogP contribution in [0.4, 0.5) is 5.13 Å². The third kappa shape index (κ3) is 2.62. The Hall–Kier alpha value is -2.21. The van der Waals surface area contributed by atoms with Gasteiger partial charge in [0.15, 0.2) is 0 Å². The number of amides is 1. The van der Waals surface area contributed by atoms with E-state index in [0.717, 1.165) is 28.8 Å². The molecule has 3 rings (SSSR count). The number of rotatable bonds is 4. The molecule has 1 aliphatic heterocycles. The average Bonchev–Trinajstić information content (AvgIpc) is 3.03. The van der Waals surface area contributed by atoms with Crippen LogP contribution in [0.3, 0.4) is 0 Å². The van der Waals surface area contributed by atoms with E-state index in [4.69, 9.17) is 0 Å². The van der Waals surface area contributed by atoms with Crippen LogP contribution in [-0.4, -0.2) is 35.6 Å². The first kappa shape index (κ1) is 14.7. The molecule has 0 aliphatic carbocycles. The Bertz CT molecular complexity index is 742.